The number of carbonyl (C=O) groups is 1. The number of rotatable bonds is 1. The van der Waals surface area contributed by atoms with Crippen molar-refractivity contribution in [3.05, 3.63) is 0 Å². The number of aliphatic hydroxyl groups excluding tert-OH is 1. The van der Waals surface area contributed by atoms with E-state index >= 15 is 0 Å². The molecule has 2 N–H and O–H groups in total. The van der Waals surface area contributed by atoms with E-state index in [2.05, 4.69) is 0 Å². The number of hydrogen-bond acceptors (Lipinski definition) is 2. The molecular weight excluding hydrogens is 158 g/mol. The van der Waals surface area contributed by atoms with Crippen LogP contribution in [-0.2, 0) is 0 Å². The van der Waals surface area contributed by atoms with Crippen molar-refractivity contribution < 1.29 is 15.0 Å². The predicted octanol–water partition coefficient (Wildman–Crippen LogP) is 0.757. The summed E-state index contributed by atoms with van der Waals surface area (Å²) in [4.78, 5) is 12.1. The van der Waals surface area contributed by atoms with Gasteiger partial charge in [-0.25, -0.2) is 4.79 Å². The zero-order chi connectivity index (χ0) is 9.14. The molecule has 70 valence electrons. The topological polar surface area (TPSA) is 60.8 Å². The van der Waals surface area contributed by atoms with Gasteiger partial charge in [-0.1, -0.05) is 0 Å². The number of carboxylic acid groups (broad SMARTS) is 1. The molecule has 12 heavy (non-hydrogen) atoms. The van der Waals surface area contributed by atoms with Crippen molar-refractivity contribution in [2.24, 2.45) is 5.92 Å². The monoisotopic (exact) mass is 173 g/mol. The first kappa shape index (κ1) is 9.32. The maximum atomic E-state index is 10.6. The van der Waals surface area contributed by atoms with Gasteiger partial charge in [-0.2, -0.15) is 0 Å². The molecule has 1 amide bonds. The van der Waals surface area contributed by atoms with E-state index in [-0.39, 0.29) is 18.6 Å². The van der Waals surface area contributed by atoms with Crippen molar-refractivity contribution in [1.82, 2.24) is 4.90 Å². The van der Waals surface area contributed by atoms with E-state index in [9.17, 15) is 4.79 Å². The summed E-state index contributed by atoms with van der Waals surface area (Å²) >= 11 is 0. The van der Waals surface area contributed by atoms with E-state index in [1.54, 1.807) is 0 Å². The van der Waals surface area contributed by atoms with Gasteiger partial charge in [0.25, 0.3) is 0 Å². The molecule has 4 nitrogen and oxygen atoms in total. The molecule has 1 aliphatic heterocycles. The Labute approximate surface area is 71.8 Å². The van der Waals surface area contributed by atoms with E-state index < -0.39 is 6.09 Å². The van der Waals surface area contributed by atoms with Crippen molar-refractivity contribution >= 4 is 6.09 Å². The van der Waals surface area contributed by atoms with Gasteiger partial charge in [0.2, 0.25) is 0 Å². The summed E-state index contributed by atoms with van der Waals surface area (Å²) in [6, 6.07) is 0.0494. The largest absolute Gasteiger partial charge is 0.465 e. The molecule has 0 radical (unpaired) electrons. The van der Waals surface area contributed by atoms with Crippen LogP contribution in [0, 0.1) is 5.92 Å². The van der Waals surface area contributed by atoms with Crippen molar-refractivity contribution in [1.29, 1.82) is 0 Å². The van der Waals surface area contributed by atoms with Crippen molar-refractivity contribution in [3.8, 4) is 0 Å². The van der Waals surface area contributed by atoms with Crippen LogP contribution in [0.1, 0.15) is 19.8 Å². The fourth-order valence-corrected chi connectivity index (χ4v) is 1.72. The average molecular weight is 173 g/mol. The Kier molecular flexibility index (Phi) is 2.92. The maximum absolute atomic E-state index is 10.6. The summed E-state index contributed by atoms with van der Waals surface area (Å²) in [7, 11) is 0. The number of aliphatic hydroxyl groups is 1. The number of hydrogen-bond donors (Lipinski definition) is 2. The molecule has 4 heteroatoms. The molecule has 0 bridgehead atoms. The first-order valence-electron chi connectivity index (χ1n) is 4.25. The lowest BCUT2D eigenvalue weighted by Gasteiger charge is -2.34. The second-order valence-electron chi connectivity index (χ2n) is 3.40. The molecule has 1 saturated heterocycles. The van der Waals surface area contributed by atoms with E-state index in [0.717, 1.165) is 12.8 Å². The van der Waals surface area contributed by atoms with Gasteiger partial charge in [-0.05, 0) is 25.7 Å². The van der Waals surface area contributed by atoms with Gasteiger partial charge >= 0.3 is 6.09 Å². The summed E-state index contributed by atoms with van der Waals surface area (Å²) < 4.78 is 0. The SMILES string of the molecule is C[C@@H]1CC(CO)CCN1C(=O)O. The fourth-order valence-electron chi connectivity index (χ4n) is 1.72. The van der Waals surface area contributed by atoms with Gasteiger partial charge in [-0.15, -0.1) is 0 Å². The van der Waals surface area contributed by atoms with Crippen LogP contribution in [0.5, 0.6) is 0 Å². The molecule has 0 aromatic heterocycles. The quantitative estimate of drug-likeness (QED) is 0.615. The zero-order valence-corrected chi connectivity index (χ0v) is 7.23. The highest BCUT2D eigenvalue weighted by molar-refractivity contribution is 5.65. The fraction of sp³-hybridized carbons (Fsp3) is 0.875. The summed E-state index contributed by atoms with van der Waals surface area (Å²) in [5, 5.41) is 17.6. The number of nitrogens with zero attached hydrogens (tertiary/aromatic N) is 1. The minimum Gasteiger partial charge on any atom is -0.465 e. The summed E-state index contributed by atoms with van der Waals surface area (Å²) in [6.45, 7) is 2.62. The Morgan fingerprint density at radius 2 is 2.33 bits per heavy atom. The van der Waals surface area contributed by atoms with Crippen LogP contribution in [0.15, 0.2) is 0 Å². The standard InChI is InChI=1S/C8H15NO3/c1-6-4-7(5-10)2-3-9(6)8(11)12/h6-7,10H,2-5H2,1H3,(H,11,12)/t6-,7?/m1/s1. The normalized spacial score (nSPS) is 30.3. The lowest BCUT2D eigenvalue weighted by molar-refractivity contribution is 0.0784. The highest BCUT2D eigenvalue weighted by Crippen LogP contribution is 2.21. The Morgan fingerprint density at radius 1 is 1.67 bits per heavy atom. The van der Waals surface area contributed by atoms with Gasteiger partial charge in [0.05, 0.1) is 0 Å². The Balaban J connectivity index is 2.47. The van der Waals surface area contributed by atoms with Crippen LogP contribution < -0.4 is 0 Å². The van der Waals surface area contributed by atoms with Crippen LogP contribution in [0.2, 0.25) is 0 Å². The number of likely N-dealkylation sites (tertiary alicyclic amines) is 1. The van der Waals surface area contributed by atoms with E-state index in [4.69, 9.17) is 10.2 Å². The minimum absolute atomic E-state index is 0.0494. The molecule has 0 aromatic carbocycles. The predicted molar refractivity (Wildman–Crippen MR) is 44.0 cm³/mol. The second kappa shape index (κ2) is 3.76. The molecule has 0 aliphatic carbocycles. The van der Waals surface area contributed by atoms with Gasteiger partial charge in [0, 0.05) is 19.2 Å². The molecule has 1 aliphatic rings. The zero-order valence-electron chi connectivity index (χ0n) is 7.23. The summed E-state index contributed by atoms with van der Waals surface area (Å²) in [6.07, 6.45) is 0.717. The molecule has 1 heterocycles. The highest BCUT2D eigenvalue weighted by atomic mass is 16.4. The second-order valence-corrected chi connectivity index (χ2v) is 3.40. The molecular formula is C8H15NO3. The Hall–Kier alpha value is -0.770. The molecule has 0 spiro atoms. The van der Waals surface area contributed by atoms with Crippen LogP contribution in [0.4, 0.5) is 4.79 Å². The van der Waals surface area contributed by atoms with Gasteiger partial charge in [0.1, 0.15) is 0 Å². The molecule has 0 aromatic rings. The average Bonchev–Trinajstić information content (AvgIpc) is 2.03. The van der Waals surface area contributed by atoms with Crippen LogP contribution in [0.25, 0.3) is 0 Å². The van der Waals surface area contributed by atoms with E-state index in [0.29, 0.717) is 6.54 Å². The lowest BCUT2D eigenvalue weighted by atomic mass is 9.93. The summed E-state index contributed by atoms with van der Waals surface area (Å²) in [5.74, 6) is 0.288. The number of amides is 1. The Morgan fingerprint density at radius 3 is 2.75 bits per heavy atom. The molecule has 1 unspecified atom stereocenters. The molecule has 2 atom stereocenters. The maximum Gasteiger partial charge on any atom is 0.407 e. The van der Waals surface area contributed by atoms with Gasteiger partial charge < -0.3 is 15.1 Å². The molecule has 0 saturated carbocycles. The smallest absolute Gasteiger partial charge is 0.407 e. The van der Waals surface area contributed by atoms with Crippen LogP contribution >= 0.6 is 0 Å². The highest BCUT2D eigenvalue weighted by Gasteiger charge is 2.27. The summed E-state index contributed by atoms with van der Waals surface area (Å²) in [5.41, 5.74) is 0. The van der Waals surface area contributed by atoms with Gasteiger partial charge in [0.15, 0.2) is 0 Å². The van der Waals surface area contributed by atoms with Crippen molar-refractivity contribution in [2.75, 3.05) is 13.2 Å². The van der Waals surface area contributed by atoms with Crippen LogP contribution in [0.3, 0.4) is 0 Å². The third-order valence-electron chi connectivity index (χ3n) is 2.49. The van der Waals surface area contributed by atoms with Gasteiger partial charge in [-0.3, -0.25) is 0 Å². The van der Waals surface area contributed by atoms with E-state index in [1.807, 2.05) is 6.92 Å². The van der Waals surface area contributed by atoms with Crippen molar-refractivity contribution in [3.63, 3.8) is 0 Å². The first-order chi connectivity index (χ1) is 5.65. The Bertz CT molecular complexity index is 172. The van der Waals surface area contributed by atoms with E-state index in [1.165, 1.54) is 4.90 Å². The minimum atomic E-state index is -0.848. The first-order valence-corrected chi connectivity index (χ1v) is 4.25. The number of piperidine rings is 1. The van der Waals surface area contributed by atoms with Crippen LogP contribution in [-0.4, -0.2) is 40.4 Å². The molecule has 1 fully saturated rings. The lowest BCUT2D eigenvalue weighted by Crippen LogP contribution is -2.44. The molecule has 1 rings (SSSR count). The third-order valence-corrected chi connectivity index (χ3v) is 2.49. The third kappa shape index (κ3) is 1.88. The van der Waals surface area contributed by atoms with Crippen molar-refractivity contribution in [2.45, 2.75) is 25.8 Å².